The number of hydrogen-bond donors (Lipinski definition) is 6. The van der Waals surface area contributed by atoms with Crippen molar-refractivity contribution in [2.75, 3.05) is 18.2 Å². The Morgan fingerprint density at radius 3 is 1.56 bits per heavy atom. The van der Waals surface area contributed by atoms with Gasteiger partial charge in [-0.3, -0.25) is 19.2 Å². The van der Waals surface area contributed by atoms with Crippen molar-refractivity contribution in [2.24, 2.45) is 0 Å². The molecule has 0 heterocycles. The molecular formula is C54H80BrF3O12SSi. The number of carboxylic acids is 5. The van der Waals surface area contributed by atoms with Crippen LogP contribution in [0.1, 0.15) is 152 Å². The van der Waals surface area contributed by atoms with E-state index in [1.54, 1.807) is 32.2 Å². The van der Waals surface area contributed by atoms with Gasteiger partial charge in [-0.1, -0.05) is 156 Å². The molecule has 0 aromatic heterocycles. The predicted molar refractivity (Wildman–Crippen MR) is 289 cm³/mol. The van der Waals surface area contributed by atoms with Gasteiger partial charge in [0.2, 0.25) is 0 Å². The number of phenols is 1. The highest BCUT2D eigenvalue weighted by atomic mass is 79.9. The van der Waals surface area contributed by atoms with Crippen LogP contribution in [0, 0.1) is 0 Å². The highest BCUT2D eigenvalue weighted by molar-refractivity contribution is 9.09. The molecule has 18 heteroatoms. The third kappa shape index (κ3) is 40.7. The van der Waals surface area contributed by atoms with Gasteiger partial charge in [-0.15, -0.1) is 11.8 Å². The van der Waals surface area contributed by atoms with Gasteiger partial charge in [0.05, 0.1) is 32.4 Å². The lowest BCUT2D eigenvalue weighted by molar-refractivity contribution is -0.139. The van der Waals surface area contributed by atoms with E-state index in [2.05, 4.69) is 22.9 Å². The van der Waals surface area contributed by atoms with Crippen LogP contribution in [0.5, 0.6) is 11.5 Å². The Bertz CT molecular complexity index is 1980. The zero-order valence-electron chi connectivity index (χ0n) is 43.0. The maximum absolute atomic E-state index is 12.1. The van der Waals surface area contributed by atoms with Gasteiger partial charge in [0.15, 0.2) is 0 Å². The second kappa shape index (κ2) is 41.6. The summed E-state index contributed by atoms with van der Waals surface area (Å²) in [4.78, 5) is 52.8. The summed E-state index contributed by atoms with van der Waals surface area (Å²) in [6.45, 7) is 9.88. The van der Waals surface area contributed by atoms with Gasteiger partial charge >= 0.3 is 36.0 Å². The highest BCUT2D eigenvalue weighted by Gasteiger charge is 2.30. The molecule has 6 N–H and O–H groups in total. The van der Waals surface area contributed by atoms with Crippen LogP contribution in [0.4, 0.5) is 13.2 Å². The van der Waals surface area contributed by atoms with Crippen molar-refractivity contribution in [1.29, 1.82) is 0 Å². The molecule has 0 bridgehead atoms. The number of halogens is 4. The average molecular weight is 1120 g/mol. The van der Waals surface area contributed by atoms with Gasteiger partial charge < -0.3 is 35.4 Å². The van der Waals surface area contributed by atoms with Crippen molar-refractivity contribution in [2.45, 2.75) is 172 Å². The first kappa shape index (κ1) is 69.3. The standard InChI is InChI=1S/C16H22O3.C15H29BrO2.C9H7F3O2S.C9H10O3.C5H12O2Si/c1-3-4-5-6-10-14(16(17)18)12-13-9-7-8-11-15(13)19-2;16-14-12-10-8-6-4-2-1-3-5-7-9-11-13-15(17)18;10-9(11,12)6-1-3-7(4-2-6)15-5-8(13)14;1-6(9(11)12)7-2-4-8(10)5-3-7;1-8(2,3)4-5(6)7/h7-9,11-12H,3-6,10H2,1-2H3,(H,17,18);1-14H2,(H,17,18);1-4H,5H2,(H,13,14);2-6,10H,1H3,(H,11,12);4H2,1-3H3,(H,6,7). The van der Waals surface area contributed by atoms with Gasteiger partial charge in [0.1, 0.15) is 11.5 Å². The Labute approximate surface area is 439 Å². The van der Waals surface area contributed by atoms with Crippen molar-refractivity contribution in [3.05, 3.63) is 95.1 Å². The Kier molecular flexibility index (Phi) is 40.1. The van der Waals surface area contributed by atoms with E-state index in [0.717, 1.165) is 73.3 Å². The minimum atomic E-state index is -4.35. The molecule has 0 radical (unpaired) electrons. The van der Waals surface area contributed by atoms with Crippen molar-refractivity contribution in [1.82, 2.24) is 0 Å². The SMILES string of the molecule is CC(C(=O)O)c1ccc(O)cc1.CCCCCCC(=Cc1ccccc1OC)C(=O)O.C[Si](C)(C)CC(=O)O.O=C(O)CCCCCCCCCCCCCCBr.O=C(O)CSc1ccc(C(F)(F)F)cc1. The number of ether oxygens (including phenoxy) is 1. The van der Waals surface area contributed by atoms with Crippen molar-refractivity contribution < 1.29 is 72.5 Å². The average Bonchev–Trinajstić information content (AvgIpc) is 3.30. The molecule has 1 atom stereocenters. The Morgan fingerprint density at radius 2 is 1.15 bits per heavy atom. The van der Waals surface area contributed by atoms with E-state index in [4.69, 9.17) is 30.3 Å². The smallest absolute Gasteiger partial charge is 0.416 e. The Morgan fingerprint density at radius 1 is 0.667 bits per heavy atom. The molecule has 3 rings (SSSR count). The zero-order chi connectivity index (χ0) is 55.0. The summed E-state index contributed by atoms with van der Waals surface area (Å²) in [5.41, 5.74) is 1.22. The van der Waals surface area contributed by atoms with E-state index >= 15 is 0 Å². The number of unbranched alkanes of at least 4 members (excludes halogenated alkanes) is 14. The number of para-hydroxylation sites is 1. The lowest BCUT2D eigenvalue weighted by atomic mass is 10.0. The molecule has 3 aromatic rings. The first-order valence-corrected chi connectivity index (χ1v) is 30.3. The number of carboxylic acid groups (broad SMARTS) is 5. The van der Waals surface area contributed by atoms with Gasteiger partial charge in [0, 0.05) is 33.8 Å². The van der Waals surface area contributed by atoms with Crippen molar-refractivity contribution in [3.8, 4) is 11.5 Å². The molecule has 1 unspecified atom stereocenters. The summed E-state index contributed by atoms with van der Waals surface area (Å²) in [5.74, 6) is -3.86. The van der Waals surface area contributed by atoms with Crippen LogP contribution in [-0.2, 0) is 30.1 Å². The predicted octanol–water partition coefficient (Wildman–Crippen LogP) is 15.5. The Hall–Kier alpha value is -4.81. The molecule has 12 nitrogen and oxygen atoms in total. The minimum absolute atomic E-state index is 0.149. The third-order valence-electron chi connectivity index (χ3n) is 10.3. The summed E-state index contributed by atoms with van der Waals surface area (Å²) in [5, 5.41) is 53.1. The second-order valence-corrected chi connectivity index (χ2v) is 25.4. The monoisotopic (exact) mass is 1120 g/mol. The van der Waals surface area contributed by atoms with Gasteiger partial charge in [-0.05, 0) is 86.7 Å². The van der Waals surface area contributed by atoms with Crippen molar-refractivity contribution in [3.63, 3.8) is 0 Å². The van der Waals surface area contributed by atoms with E-state index < -0.39 is 55.6 Å². The summed E-state index contributed by atoms with van der Waals surface area (Å²) in [6.07, 6.45) is 18.0. The number of rotatable bonds is 29. The number of carbonyl (C=O) groups is 5. The van der Waals surface area contributed by atoms with E-state index in [9.17, 15) is 42.3 Å². The topological polar surface area (TPSA) is 216 Å². The molecule has 3 aromatic carbocycles. The van der Waals surface area contributed by atoms with Crippen LogP contribution in [0.2, 0.25) is 25.7 Å². The van der Waals surface area contributed by atoms with Crippen LogP contribution in [0.15, 0.2) is 83.3 Å². The lowest BCUT2D eigenvalue weighted by Gasteiger charge is -2.10. The number of phenolic OH excluding ortho intramolecular Hbond substituents is 1. The van der Waals surface area contributed by atoms with Crippen LogP contribution >= 0.6 is 27.7 Å². The molecule has 0 fully saturated rings. The largest absolute Gasteiger partial charge is 0.508 e. The van der Waals surface area contributed by atoms with Crippen LogP contribution < -0.4 is 4.74 Å². The maximum Gasteiger partial charge on any atom is 0.416 e. The van der Waals surface area contributed by atoms with Gasteiger partial charge in [0.25, 0.3) is 0 Å². The molecule has 0 saturated carbocycles. The molecular weight excluding hydrogens is 1040 g/mol. The van der Waals surface area contributed by atoms with E-state index in [1.807, 2.05) is 43.9 Å². The van der Waals surface area contributed by atoms with Crippen molar-refractivity contribution >= 4 is 71.7 Å². The summed E-state index contributed by atoms with van der Waals surface area (Å²) < 4.78 is 41.6. The van der Waals surface area contributed by atoms with Gasteiger partial charge in [-0.2, -0.15) is 13.2 Å². The van der Waals surface area contributed by atoms with E-state index in [-0.39, 0.29) is 11.5 Å². The fourth-order valence-electron chi connectivity index (χ4n) is 6.34. The zero-order valence-corrected chi connectivity index (χ0v) is 46.4. The number of aliphatic carboxylic acids is 5. The second-order valence-electron chi connectivity index (χ2n) is 18.1. The van der Waals surface area contributed by atoms with Crippen LogP contribution in [0.3, 0.4) is 0 Å². The number of aromatic hydroxyl groups is 1. The molecule has 0 aliphatic carbocycles. The lowest BCUT2D eigenvalue weighted by Crippen LogP contribution is -2.23. The third-order valence-corrected chi connectivity index (χ3v) is 13.2. The molecule has 0 aliphatic heterocycles. The number of benzene rings is 3. The molecule has 0 saturated heterocycles. The fraction of sp³-hybridized carbons (Fsp3) is 0.537. The van der Waals surface area contributed by atoms with E-state index in [0.29, 0.717) is 40.7 Å². The Balaban J connectivity index is 0. The quantitative estimate of drug-likeness (QED) is 0.0126. The fourth-order valence-corrected chi connectivity index (χ4v) is 8.26. The summed E-state index contributed by atoms with van der Waals surface area (Å²) in [6, 6.07) is 18.4. The number of methoxy groups -OCH3 is 1. The molecule has 0 aliphatic rings. The summed E-state index contributed by atoms with van der Waals surface area (Å²) >= 11 is 4.43. The minimum Gasteiger partial charge on any atom is -0.508 e. The first-order chi connectivity index (χ1) is 33.9. The maximum atomic E-state index is 12.1. The van der Waals surface area contributed by atoms with Gasteiger partial charge in [-0.25, -0.2) is 4.79 Å². The van der Waals surface area contributed by atoms with Crippen LogP contribution in [0.25, 0.3) is 6.08 Å². The molecule has 0 spiro atoms. The normalized spacial score (nSPS) is 11.4. The highest BCUT2D eigenvalue weighted by Crippen LogP contribution is 2.31. The number of alkyl halides is 4. The number of thioether (sulfide) groups is 1. The molecule has 0 amide bonds. The molecule has 72 heavy (non-hydrogen) atoms. The summed E-state index contributed by atoms with van der Waals surface area (Å²) in [7, 11) is 0.272. The molecule has 406 valence electrons. The van der Waals surface area contributed by atoms with Crippen LogP contribution in [-0.4, -0.2) is 86.8 Å². The van der Waals surface area contributed by atoms with E-state index in [1.165, 1.54) is 88.5 Å². The number of hydrogen-bond acceptors (Lipinski definition) is 8. The first-order valence-electron chi connectivity index (χ1n) is 24.5.